The highest BCUT2D eigenvalue weighted by molar-refractivity contribution is 14.0. The summed E-state index contributed by atoms with van der Waals surface area (Å²) in [6, 6.07) is 0. The molecule has 5 heteroatoms. The molecule has 0 radical (unpaired) electrons. The topological polar surface area (TPSA) is 50.4 Å². The zero-order chi connectivity index (χ0) is 12.0. The van der Waals surface area contributed by atoms with Gasteiger partial charge in [0.15, 0.2) is 5.96 Å². The molecule has 1 atom stereocenters. The molecular formula is C12H26IN3S. The molecule has 0 aromatic rings. The van der Waals surface area contributed by atoms with Crippen molar-refractivity contribution in [3.63, 3.8) is 0 Å². The normalized spacial score (nSPS) is 24.8. The average Bonchev–Trinajstić information content (AvgIpc) is 2.62. The molecule has 0 spiro atoms. The Balaban J connectivity index is 0.00000256. The molecule has 0 saturated carbocycles. The van der Waals surface area contributed by atoms with Crippen LogP contribution in [-0.4, -0.2) is 29.5 Å². The molecule has 1 rings (SSSR count). The van der Waals surface area contributed by atoms with Crippen LogP contribution in [0.2, 0.25) is 0 Å². The molecule has 0 aromatic carbocycles. The third-order valence-electron chi connectivity index (χ3n) is 2.91. The summed E-state index contributed by atoms with van der Waals surface area (Å²) >= 11 is 2.02. The Hall–Kier alpha value is 0.350. The number of hydrogen-bond donors (Lipinski definition) is 2. The van der Waals surface area contributed by atoms with Crippen molar-refractivity contribution in [3.05, 3.63) is 0 Å². The lowest BCUT2D eigenvalue weighted by molar-refractivity contribution is 0.574. The summed E-state index contributed by atoms with van der Waals surface area (Å²) in [6.45, 7) is 8.49. The molecule has 1 unspecified atom stereocenters. The molecule has 0 aliphatic carbocycles. The summed E-state index contributed by atoms with van der Waals surface area (Å²) in [5.41, 5.74) is 5.83. The maximum Gasteiger partial charge on any atom is 0.188 e. The predicted molar refractivity (Wildman–Crippen MR) is 89.5 cm³/mol. The second-order valence-corrected chi connectivity index (χ2v) is 6.90. The van der Waals surface area contributed by atoms with E-state index in [0.717, 1.165) is 19.5 Å². The number of nitrogens with zero attached hydrogens (tertiary/aromatic N) is 1. The Labute approximate surface area is 127 Å². The minimum atomic E-state index is 0. The lowest BCUT2D eigenvalue weighted by Crippen LogP contribution is -2.34. The number of aliphatic imine (C=N–C) groups is 1. The van der Waals surface area contributed by atoms with Gasteiger partial charge in [0.25, 0.3) is 0 Å². The van der Waals surface area contributed by atoms with Gasteiger partial charge in [0, 0.05) is 11.3 Å². The second-order valence-electron chi connectivity index (χ2n) is 5.21. The van der Waals surface area contributed by atoms with Crippen LogP contribution in [0.4, 0.5) is 0 Å². The Morgan fingerprint density at radius 1 is 1.53 bits per heavy atom. The highest BCUT2D eigenvalue weighted by Gasteiger charge is 2.28. The van der Waals surface area contributed by atoms with Gasteiger partial charge in [0.1, 0.15) is 0 Å². The van der Waals surface area contributed by atoms with Crippen LogP contribution in [0, 0.1) is 5.92 Å². The van der Waals surface area contributed by atoms with E-state index in [4.69, 9.17) is 5.73 Å². The Kier molecular flexibility index (Phi) is 8.63. The van der Waals surface area contributed by atoms with E-state index in [2.05, 4.69) is 31.1 Å². The first-order valence-electron chi connectivity index (χ1n) is 6.19. The maximum atomic E-state index is 5.83. The van der Waals surface area contributed by atoms with Crippen molar-refractivity contribution in [2.45, 2.75) is 44.8 Å². The minimum absolute atomic E-state index is 0. The molecular weight excluding hydrogens is 345 g/mol. The molecule has 0 amide bonds. The number of hydrogen-bond acceptors (Lipinski definition) is 2. The fourth-order valence-electron chi connectivity index (χ4n) is 1.76. The summed E-state index contributed by atoms with van der Waals surface area (Å²) < 4.78 is 0.324. The minimum Gasteiger partial charge on any atom is -0.370 e. The Morgan fingerprint density at radius 2 is 2.24 bits per heavy atom. The Bertz CT molecular complexity index is 238. The summed E-state index contributed by atoms with van der Waals surface area (Å²) in [6.07, 6.45) is 3.72. The third-order valence-corrected chi connectivity index (χ3v) is 4.44. The lowest BCUT2D eigenvalue weighted by Gasteiger charge is -2.20. The quantitative estimate of drug-likeness (QED) is 0.444. The molecule has 3 nitrogen and oxygen atoms in total. The summed E-state index contributed by atoms with van der Waals surface area (Å²) in [4.78, 5) is 4.44. The molecule has 102 valence electrons. The van der Waals surface area contributed by atoms with Gasteiger partial charge in [-0.1, -0.05) is 13.8 Å². The van der Waals surface area contributed by atoms with Crippen molar-refractivity contribution in [2.75, 3.05) is 18.8 Å². The summed E-state index contributed by atoms with van der Waals surface area (Å²) in [7, 11) is 0. The second kappa shape index (κ2) is 8.45. The van der Waals surface area contributed by atoms with Crippen LogP contribution in [0.15, 0.2) is 4.99 Å². The standard InChI is InChI=1S/C12H25N3S.HI/c1-10(2)5-7-14-11(13)15-9-12(3)6-4-8-16-12;/h10H,4-9H2,1-3H3,(H3,13,14,15);1H. The average molecular weight is 371 g/mol. The molecule has 1 heterocycles. The number of halogens is 1. The molecule has 1 aliphatic rings. The third kappa shape index (κ3) is 7.39. The monoisotopic (exact) mass is 371 g/mol. The number of thioether (sulfide) groups is 1. The molecule has 3 N–H and O–H groups in total. The van der Waals surface area contributed by atoms with E-state index in [-0.39, 0.29) is 24.0 Å². The number of guanidine groups is 1. The van der Waals surface area contributed by atoms with Gasteiger partial charge in [-0.3, -0.25) is 4.99 Å². The van der Waals surface area contributed by atoms with Crippen LogP contribution < -0.4 is 11.1 Å². The van der Waals surface area contributed by atoms with Gasteiger partial charge in [-0.05, 0) is 37.9 Å². The van der Waals surface area contributed by atoms with Gasteiger partial charge >= 0.3 is 0 Å². The van der Waals surface area contributed by atoms with Gasteiger partial charge in [0.05, 0.1) is 6.54 Å². The van der Waals surface area contributed by atoms with Gasteiger partial charge in [-0.15, -0.1) is 24.0 Å². The van der Waals surface area contributed by atoms with Crippen LogP contribution in [0.25, 0.3) is 0 Å². The van der Waals surface area contributed by atoms with E-state index in [1.807, 2.05) is 11.8 Å². The molecule has 0 aromatic heterocycles. The van der Waals surface area contributed by atoms with Crippen LogP contribution in [0.1, 0.15) is 40.0 Å². The number of rotatable bonds is 5. The highest BCUT2D eigenvalue weighted by Crippen LogP contribution is 2.37. The van der Waals surface area contributed by atoms with Crippen LogP contribution in [0.3, 0.4) is 0 Å². The molecule has 0 bridgehead atoms. The van der Waals surface area contributed by atoms with Crippen molar-refractivity contribution in [1.82, 2.24) is 5.32 Å². The Morgan fingerprint density at radius 3 is 2.76 bits per heavy atom. The van der Waals surface area contributed by atoms with Crippen molar-refractivity contribution in [3.8, 4) is 0 Å². The van der Waals surface area contributed by atoms with Crippen molar-refractivity contribution < 1.29 is 0 Å². The molecule has 1 fully saturated rings. The fourth-order valence-corrected chi connectivity index (χ4v) is 2.98. The van der Waals surface area contributed by atoms with Gasteiger partial charge in [-0.2, -0.15) is 11.8 Å². The predicted octanol–water partition coefficient (Wildman–Crippen LogP) is 2.84. The van der Waals surface area contributed by atoms with Crippen LogP contribution in [0.5, 0.6) is 0 Å². The van der Waals surface area contributed by atoms with Crippen LogP contribution >= 0.6 is 35.7 Å². The zero-order valence-corrected chi connectivity index (χ0v) is 14.3. The first-order valence-corrected chi connectivity index (χ1v) is 7.18. The number of nitrogens with one attached hydrogen (secondary N) is 1. The first kappa shape index (κ1) is 17.4. The number of nitrogens with two attached hydrogens (primary N) is 1. The van der Waals surface area contributed by atoms with Crippen LogP contribution in [-0.2, 0) is 0 Å². The molecule has 1 aliphatic heterocycles. The van der Waals surface area contributed by atoms with E-state index in [1.54, 1.807) is 0 Å². The smallest absolute Gasteiger partial charge is 0.188 e. The SMILES string of the molecule is CC(C)CCNC(N)=NCC1(C)CCCS1.I. The van der Waals surface area contributed by atoms with Crippen molar-refractivity contribution in [1.29, 1.82) is 0 Å². The van der Waals surface area contributed by atoms with Gasteiger partial charge in [0.2, 0.25) is 0 Å². The summed E-state index contributed by atoms with van der Waals surface area (Å²) in [5.74, 6) is 2.59. The molecule has 17 heavy (non-hydrogen) atoms. The maximum absolute atomic E-state index is 5.83. The first-order chi connectivity index (χ1) is 7.52. The van der Waals surface area contributed by atoms with Crippen molar-refractivity contribution in [2.24, 2.45) is 16.6 Å². The van der Waals surface area contributed by atoms with Gasteiger partial charge in [-0.25, -0.2) is 0 Å². The lowest BCUT2D eigenvalue weighted by atomic mass is 10.1. The highest BCUT2D eigenvalue weighted by atomic mass is 127. The van der Waals surface area contributed by atoms with E-state index in [9.17, 15) is 0 Å². The largest absolute Gasteiger partial charge is 0.370 e. The van der Waals surface area contributed by atoms with E-state index < -0.39 is 0 Å². The fraction of sp³-hybridized carbons (Fsp3) is 0.917. The van der Waals surface area contributed by atoms with E-state index >= 15 is 0 Å². The van der Waals surface area contributed by atoms with Gasteiger partial charge < -0.3 is 11.1 Å². The zero-order valence-electron chi connectivity index (χ0n) is 11.2. The summed E-state index contributed by atoms with van der Waals surface area (Å²) in [5, 5.41) is 3.17. The van der Waals surface area contributed by atoms with E-state index in [1.165, 1.54) is 18.6 Å². The van der Waals surface area contributed by atoms with Crippen molar-refractivity contribution >= 4 is 41.7 Å². The molecule has 1 saturated heterocycles. The van der Waals surface area contributed by atoms with E-state index in [0.29, 0.717) is 16.6 Å².